The lowest BCUT2D eigenvalue weighted by Crippen LogP contribution is -2.06. The molecule has 0 amide bonds. The van der Waals surface area contributed by atoms with Crippen LogP contribution in [0.1, 0.15) is 23.2 Å². The van der Waals surface area contributed by atoms with Crippen molar-refractivity contribution < 1.29 is 4.74 Å². The molecule has 19 heavy (non-hydrogen) atoms. The van der Waals surface area contributed by atoms with Gasteiger partial charge in [0.1, 0.15) is 5.75 Å². The summed E-state index contributed by atoms with van der Waals surface area (Å²) in [5.74, 6) is 1.54. The number of benzene rings is 1. The molecule has 0 fully saturated rings. The van der Waals surface area contributed by atoms with Crippen LogP contribution in [0.2, 0.25) is 0 Å². The highest BCUT2D eigenvalue weighted by Gasteiger charge is 2.11. The molecule has 1 aromatic heterocycles. The van der Waals surface area contributed by atoms with Crippen LogP contribution in [0.15, 0.2) is 36.4 Å². The van der Waals surface area contributed by atoms with Gasteiger partial charge in [-0.25, -0.2) is 4.98 Å². The Morgan fingerprint density at radius 1 is 1.16 bits per heavy atom. The number of ether oxygens (including phenoxy) is 1. The third-order valence-corrected chi connectivity index (χ3v) is 3.43. The number of hydrogen-bond acceptors (Lipinski definition) is 3. The fourth-order valence-electron chi connectivity index (χ4n) is 2.53. The van der Waals surface area contributed by atoms with E-state index in [2.05, 4.69) is 22.4 Å². The Morgan fingerprint density at radius 3 is 2.95 bits per heavy atom. The van der Waals surface area contributed by atoms with Gasteiger partial charge in [-0.2, -0.15) is 0 Å². The van der Waals surface area contributed by atoms with E-state index in [1.807, 2.05) is 31.3 Å². The zero-order valence-electron chi connectivity index (χ0n) is 11.1. The Hall–Kier alpha value is -1.87. The Morgan fingerprint density at radius 2 is 2.05 bits per heavy atom. The first-order valence-corrected chi connectivity index (χ1v) is 6.75. The minimum Gasteiger partial charge on any atom is -0.439 e. The second kappa shape index (κ2) is 5.41. The van der Waals surface area contributed by atoms with E-state index in [1.54, 1.807) is 0 Å². The third kappa shape index (κ3) is 2.76. The molecule has 0 saturated heterocycles. The van der Waals surface area contributed by atoms with E-state index >= 15 is 0 Å². The zero-order chi connectivity index (χ0) is 13.1. The summed E-state index contributed by atoms with van der Waals surface area (Å²) in [6.45, 7) is 0.751. The van der Waals surface area contributed by atoms with Gasteiger partial charge in [-0.1, -0.05) is 12.1 Å². The molecule has 0 radical (unpaired) electrons. The maximum absolute atomic E-state index is 5.85. The van der Waals surface area contributed by atoms with E-state index in [9.17, 15) is 0 Å². The first kappa shape index (κ1) is 12.2. The highest BCUT2D eigenvalue weighted by atomic mass is 16.5. The average Bonchev–Trinajstić information content (AvgIpc) is 2.87. The molecule has 0 spiro atoms. The molecule has 3 rings (SSSR count). The Balaban J connectivity index is 1.79. The van der Waals surface area contributed by atoms with Crippen molar-refractivity contribution in [3.8, 4) is 11.6 Å². The predicted molar refractivity (Wildman–Crippen MR) is 75.5 cm³/mol. The van der Waals surface area contributed by atoms with Gasteiger partial charge in [0.15, 0.2) is 0 Å². The van der Waals surface area contributed by atoms with Crippen LogP contribution >= 0.6 is 0 Å². The highest BCUT2D eigenvalue weighted by Crippen LogP contribution is 2.28. The number of rotatable bonds is 4. The summed E-state index contributed by atoms with van der Waals surface area (Å²) < 4.78 is 5.85. The number of nitrogens with one attached hydrogen (secondary N) is 1. The second-order valence-electron chi connectivity index (χ2n) is 4.88. The van der Waals surface area contributed by atoms with Gasteiger partial charge < -0.3 is 10.1 Å². The van der Waals surface area contributed by atoms with E-state index < -0.39 is 0 Å². The molecule has 1 aliphatic carbocycles. The Bertz CT molecular complexity index is 581. The van der Waals surface area contributed by atoms with E-state index in [0.717, 1.165) is 18.0 Å². The minimum absolute atomic E-state index is 0.658. The fourth-order valence-corrected chi connectivity index (χ4v) is 2.53. The van der Waals surface area contributed by atoms with Gasteiger partial charge in [0.25, 0.3) is 0 Å². The molecule has 98 valence electrons. The molecule has 3 heteroatoms. The molecular weight excluding hydrogens is 236 g/mol. The van der Waals surface area contributed by atoms with Crippen molar-refractivity contribution in [3.63, 3.8) is 0 Å². The van der Waals surface area contributed by atoms with Gasteiger partial charge >= 0.3 is 0 Å². The normalized spacial score (nSPS) is 13.3. The maximum atomic E-state index is 5.85. The second-order valence-corrected chi connectivity index (χ2v) is 4.88. The standard InChI is InChI=1S/C16H18N2O/c1-17-11-14-6-3-7-16(18-14)19-15-9-8-12-4-2-5-13(12)10-15/h3,6-10,17H,2,4-5,11H2,1H3. The Labute approximate surface area is 113 Å². The van der Waals surface area contributed by atoms with E-state index in [1.165, 1.54) is 30.4 Å². The predicted octanol–water partition coefficient (Wildman–Crippen LogP) is 3.08. The molecule has 0 bridgehead atoms. The van der Waals surface area contributed by atoms with Crippen molar-refractivity contribution in [2.24, 2.45) is 0 Å². The quantitative estimate of drug-likeness (QED) is 0.910. The SMILES string of the molecule is CNCc1cccc(Oc2ccc3c(c2)CCC3)n1. The molecule has 0 aliphatic heterocycles. The van der Waals surface area contributed by atoms with Crippen LogP contribution in [0, 0.1) is 0 Å². The summed E-state index contributed by atoms with van der Waals surface area (Å²) in [4.78, 5) is 4.47. The maximum Gasteiger partial charge on any atom is 0.219 e. The molecule has 1 heterocycles. The summed E-state index contributed by atoms with van der Waals surface area (Å²) in [7, 11) is 1.91. The van der Waals surface area contributed by atoms with Crippen molar-refractivity contribution in [3.05, 3.63) is 53.2 Å². The smallest absolute Gasteiger partial charge is 0.219 e. The Kier molecular flexibility index (Phi) is 3.47. The lowest BCUT2D eigenvalue weighted by atomic mass is 10.1. The van der Waals surface area contributed by atoms with Gasteiger partial charge in [0, 0.05) is 12.6 Å². The molecule has 1 aromatic carbocycles. The summed E-state index contributed by atoms with van der Waals surface area (Å²) in [6, 6.07) is 12.2. The van der Waals surface area contributed by atoms with Crippen LogP contribution < -0.4 is 10.1 Å². The largest absolute Gasteiger partial charge is 0.439 e. The van der Waals surface area contributed by atoms with Gasteiger partial charge in [-0.05, 0) is 55.6 Å². The topological polar surface area (TPSA) is 34.1 Å². The molecule has 0 saturated carbocycles. The van der Waals surface area contributed by atoms with Crippen LogP contribution in [-0.2, 0) is 19.4 Å². The van der Waals surface area contributed by atoms with Crippen molar-refractivity contribution in [1.82, 2.24) is 10.3 Å². The molecule has 0 unspecified atom stereocenters. The van der Waals surface area contributed by atoms with Crippen molar-refractivity contribution in [1.29, 1.82) is 0 Å². The highest BCUT2D eigenvalue weighted by molar-refractivity contribution is 5.39. The fraction of sp³-hybridized carbons (Fsp3) is 0.312. The molecule has 0 atom stereocenters. The van der Waals surface area contributed by atoms with Crippen LogP contribution in [0.5, 0.6) is 11.6 Å². The van der Waals surface area contributed by atoms with Crippen LogP contribution in [0.25, 0.3) is 0 Å². The van der Waals surface area contributed by atoms with Crippen molar-refractivity contribution in [2.75, 3.05) is 7.05 Å². The van der Waals surface area contributed by atoms with E-state index in [4.69, 9.17) is 4.74 Å². The average molecular weight is 254 g/mol. The number of hydrogen-bond donors (Lipinski definition) is 1. The lowest BCUT2D eigenvalue weighted by Gasteiger charge is -2.08. The molecule has 1 aliphatic rings. The zero-order valence-corrected chi connectivity index (χ0v) is 11.1. The first-order valence-electron chi connectivity index (χ1n) is 6.75. The number of aryl methyl sites for hydroxylation is 2. The molecular formula is C16H18N2O. The molecule has 1 N–H and O–H groups in total. The minimum atomic E-state index is 0.658. The van der Waals surface area contributed by atoms with E-state index in [-0.39, 0.29) is 0 Å². The number of pyridine rings is 1. The van der Waals surface area contributed by atoms with Crippen molar-refractivity contribution in [2.45, 2.75) is 25.8 Å². The summed E-state index contributed by atoms with van der Waals surface area (Å²) in [5.41, 5.74) is 3.87. The number of nitrogens with zero attached hydrogens (tertiary/aromatic N) is 1. The summed E-state index contributed by atoms with van der Waals surface area (Å²) in [5, 5.41) is 3.09. The van der Waals surface area contributed by atoms with Gasteiger partial charge in [-0.3, -0.25) is 0 Å². The number of fused-ring (bicyclic) bond motifs is 1. The summed E-state index contributed by atoms with van der Waals surface area (Å²) >= 11 is 0. The van der Waals surface area contributed by atoms with Crippen LogP contribution in [0.3, 0.4) is 0 Å². The van der Waals surface area contributed by atoms with Gasteiger partial charge in [0.2, 0.25) is 5.88 Å². The van der Waals surface area contributed by atoms with E-state index in [0.29, 0.717) is 5.88 Å². The monoisotopic (exact) mass is 254 g/mol. The lowest BCUT2D eigenvalue weighted by molar-refractivity contribution is 0.459. The van der Waals surface area contributed by atoms with Crippen LogP contribution in [0.4, 0.5) is 0 Å². The first-order chi connectivity index (χ1) is 9.35. The molecule has 2 aromatic rings. The molecule has 3 nitrogen and oxygen atoms in total. The van der Waals surface area contributed by atoms with Crippen molar-refractivity contribution >= 4 is 0 Å². The number of aromatic nitrogens is 1. The van der Waals surface area contributed by atoms with Gasteiger partial charge in [0.05, 0.1) is 5.69 Å². The van der Waals surface area contributed by atoms with Crippen LogP contribution in [-0.4, -0.2) is 12.0 Å². The summed E-state index contributed by atoms with van der Waals surface area (Å²) in [6.07, 6.45) is 3.62. The third-order valence-electron chi connectivity index (χ3n) is 3.43. The van der Waals surface area contributed by atoms with Gasteiger partial charge in [-0.15, -0.1) is 0 Å².